The Kier molecular flexibility index (Phi) is 2.37. The SMILES string of the molecule is Nc1c(Cl)ncnc1C1CNc2ccccc21. The predicted molar refractivity (Wildman–Crippen MR) is 68.2 cm³/mol. The third-order valence-electron chi connectivity index (χ3n) is 3.03. The van der Waals surface area contributed by atoms with Gasteiger partial charge in [-0.2, -0.15) is 0 Å². The molecule has 86 valence electrons. The molecule has 5 heteroatoms. The Bertz CT molecular complexity index is 570. The Balaban J connectivity index is 2.10. The highest BCUT2D eigenvalue weighted by atomic mass is 35.5. The first-order chi connectivity index (χ1) is 8.27. The van der Waals surface area contributed by atoms with Crippen LogP contribution < -0.4 is 11.1 Å². The number of nitrogens with one attached hydrogen (secondary N) is 1. The van der Waals surface area contributed by atoms with Crippen molar-refractivity contribution in [2.24, 2.45) is 0 Å². The number of hydrogen-bond acceptors (Lipinski definition) is 4. The van der Waals surface area contributed by atoms with Crippen LogP contribution in [0.2, 0.25) is 5.15 Å². The minimum absolute atomic E-state index is 0.145. The normalized spacial score (nSPS) is 17.6. The fraction of sp³-hybridized carbons (Fsp3) is 0.167. The lowest BCUT2D eigenvalue weighted by atomic mass is 9.97. The molecule has 3 rings (SSSR count). The van der Waals surface area contributed by atoms with Crippen LogP contribution in [0.1, 0.15) is 17.2 Å². The van der Waals surface area contributed by atoms with E-state index in [0.29, 0.717) is 10.8 Å². The van der Waals surface area contributed by atoms with Crippen LogP contribution in [0.25, 0.3) is 0 Å². The van der Waals surface area contributed by atoms with Gasteiger partial charge in [0.1, 0.15) is 6.33 Å². The van der Waals surface area contributed by atoms with Crippen molar-refractivity contribution in [3.8, 4) is 0 Å². The van der Waals surface area contributed by atoms with Crippen LogP contribution in [0.4, 0.5) is 11.4 Å². The fourth-order valence-corrected chi connectivity index (χ4v) is 2.33. The van der Waals surface area contributed by atoms with Crippen molar-refractivity contribution in [3.63, 3.8) is 0 Å². The maximum atomic E-state index is 5.93. The van der Waals surface area contributed by atoms with Gasteiger partial charge in [0, 0.05) is 18.2 Å². The Morgan fingerprint density at radius 1 is 1.29 bits per heavy atom. The molecule has 2 heterocycles. The molecule has 0 saturated heterocycles. The van der Waals surface area contributed by atoms with Gasteiger partial charge in [0.05, 0.1) is 11.4 Å². The van der Waals surface area contributed by atoms with E-state index >= 15 is 0 Å². The van der Waals surface area contributed by atoms with Crippen LogP contribution >= 0.6 is 11.6 Å². The van der Waals surface area contributed by atoms with E-state index in [-0.39, 0.29) is 5.92 Å². The molecule has 3 N–H and O–H groups in total. The minimum Gasteiger partial charge on any atom is -0.395 e. The van der Waals surface area contributed by atoms with Crippen molar-refractivity contribution in [1.82, 2.24) is 9.97 Å². The first-order valence-corrected chi connectivity index (χ1v) is 5.74. The topological polar surface area (TPSA) is 63.8 Å². The van der Waals surface area contributed by atoms with Gasteiger partial charge in [0.2, 0.25) is 0 Å². The molecule has 1 unspecified atom stereocenters. The maximum absolute atomic E-state index is 5.93. The smallest absolute Gasteiger partial charge is 0.155 e. The second kappa shape index (κ2) is 3.89. The van der Waals surface area contributed by atoms with E-state index in [1.54, 1.807) is 0 Å². The van der Waals surface area contributed by atoms with Gasteiger partial charge in [-0.3, -0.25) is 0 Å². The van der Waals surface area contributed by atoms with E-state index in [2.05, 4.69) is 21.4 Å². The molecule has 0 amide bonds. The molecule has 2 aromatic rings. The van der Waals surface area contributed by atoms with Crippen molar-refractivity contribution in [2.75, 3.05) is 17.6 Å². The number of nitrogen functional groups attached to an aromatic ring is 1. The summed E-state index contributed by atoms with van der Waals surface area (Å²) in [5.74, 6) is 0.145. The molecule has 1 atom stereocenters. The average Bonchev–Trinajstić information content (AvgIpc) is 2.77. The summed E-state index contributed by atoms with van der Waals surface area (Å²) in [5.41, 5.74) is 9.53. The van der Waals surface area contributed by atoms with Crippen LogP contribution in [-0.4, -0.2) is 16.5 Å². The summed E-state index contributed by atoms with van der Waals surface area (Å²) in [6.45, 7) is 0.789. The quantitative estimate of drug-likeness (QED) is 0.758. The number of nitrogens with two attached hydrogens (primary N) is 1. The molecule has 0 bridgehead atoms. The number of rotatable bonds is 1. The zero-order chi connectivity index (χ0) is 11.8. The zero-order valence-electron chi connectivity index (χ0n) is 9.02. The minimum atomic E-state index is 0.145. The van der Waals surface area contributed by atoms with Crippen LogP contribution in [0.15, 0.2) is 30.6 Å². The van der Waals surface area contributed by atoms with Gasteiger partial charge >= 0.3 is 0 Å². The van der Waals surface area contributed by atoms with Crippen LogP contribution in [0, 0.1) is 0 Å². The molecular weight excluding hydrogens is 236 g/mol. The Labute approximate surface area is 104 Å². The van der Waals surface area contributed by atoms with E-state index in [4.69, 9.17) is 17.3 Å². The molecule has 0 aliphatic carbocycles. The van der Waals surface area contributed by atoms with Crippen molar-refractivity contribution in [3.05, 3.63) is 47.0 Å². The lowest BCUT2D eigenvalue weighted by Crippen LogP contribution is -2.10. The van der Waals surface area contributed by atoms with Crippen LogP contribution in [-0.2, 0) is 0 Å². The number of fused-ring (bicyclic) bond motifs is 1. The fourth-order valence-electron chi connectivity index (χ4n) is 2.19. The van der Waals surface area contributed by atoms with E-state index in [0.717, 1.165) is 17.9 Å². The first kappa shape index (κ1) is 10.4. The molecule has 4 nitrogen and oxygen atoms in total. The van der Waals surface area contributed by atoms with Gasteiger partial charge in [0.25, 0.3) is 0 Å². The highest BCUT2D eigenvalue weighted by molar-refractivity contribution is 6.31. The van der Waals surface area contributed by atoms with Gasteiger partial charge in [-0.25, -0.2) is 9.97 Å². The summed E-state index contributed by atoms with van der Waals surface area (Å²) in [4.78, 5) is 8.14. The summed E-state index contributed by atoms with van der Waals surface area (Å²) in [6.07, 6.45) is 1.45. The Morgan fingerprint density at radius 3 is 3.00 bits per heavy atom. The summed E-state index contributed by atoms with van der Waals surface area (Å²) in [6, 6.07) is 8.14. The second-order valence-corrected chi connectivity index (χ2v) is 4.34. The Morgan fingerprint density at radius 2 is 2.12 bits per heavy atom. The summed E-state index contributed by atoms with van der Waals surface area (Å²) >= 11 is 5.92. The molecular formula is C12H11ClN4. The molecule has 1 aromatic carbocycles. The van der Waals surface area contributed by atoms with Gasteiger partial charge in [-0.1, -0.05) is 29.8 Å². The van der Waals surface area contributed by atoms with Crippen LogP contribution in [0.5, 0.6) is 0 Å². The van der Waals surface area contributed by atoms with Crippen molar-refractivity contribution < 1.29 is 0 Å². The Hall–Kier alpha value is -1.81. The van der Waals surface area contributed by atoms with E-state index < -0.39 is 0 Å². The molecule has 0 spiro atoms. The number of anilines is 2. The monoisotopic (exact) mass is 246 g/mol. The van der Waals surface area contributed by atoms with E-state index in [9.17, 15) is 0 Å². The molecule has 0 radical (unpaired) electrons. The van der Waals surface area contributed by atoms with Crippen molar-refractivity contribution in [2.45, 2.75) is 5.92 Å². The highest BCUT2D eigenvalue weighted by Gasteiger charge is 2.26. The first-order valence-electron chi connectivity index (χ1n) is 5.36. The molecule has 0 saturated carbocycles. The molecule has 17 heavy (non-hydrogen) atoms. The molecule has 1 aromatic heterocycles. The summed E-state index contributed by atoms with van der Waals surface area (Å²) in [5, 5.41) is 3.66. The summed E-state index contributed by atoms with van der Waals surface area (Å²) in [7, 11) is 0. The van der Waals surface area contributed by atoms with Gasteiger partial charge in [-0.15, -0.1) is 0 Å². The number of nitrogens with zero attached hydrogens (tertiary/aromatic N) is 2. The largest absolute Gasteiger partial charge is 0.395 e. The number of para-hydroxylation sites is 1. The number of hydrogen-bond donors (Lipinski definition) is 2. The molecule has 1 aliphatic rings. The van der Waals surface area contributed by atoms with Crippen LogP contribution in [0.3, 0.4) is 0 Å². The van der Waals surface area contributed by atoms with Gasteiger partial charge < -0.3 is 11.1 Å². The number of halogens is 1. The average molecular weight is 247 g/mol. The third kappa shape index (κ3) is 1.61. The maximum Gasteiger partial charge on any atom is 0.155 e. The molecule has 0 fully saturated rings. The lowest BCUT2D eigenvalue weighted by molar-refractivity contribution is 0.854. The van der Waals surface area contributed by atoms with Gasteiger partial charge in [0.15, 0.2) is 5.15 Å². The summed E-state index contributed by atoms with van der Waals surface area (Å²) < 4.78 is 0. The van der Waals surface area contributed by atoms with Gasteiger partial charge in [-0.05, 0) is 11.6 Å². The number of aromatic nitrogens is 2. The number of benzene rings is 1. The standard InChI is InChI=1S/C12H11ClN4/c13-12-10(14)11(16-6-17-12)8-5-15-9-4-2-1-3-7(8)9/h1-4,6,8,15H,5,14H2. The second-order valence-electron chi connectivity index (χ2n) is 3.98. The van der Waals surface area contributed by atoms with E-state index in [1.807, 2.05) is 18.2 Å². The zero-order valence-corrected chi connectivity index (χ0v) is 9.78. The lowest BCUT2D eigenvalue weighted by Gasteiger charge is -2.12. The predicted octanol–water partition coefficient (Wildman–Crippen LogP) is 2.27. The van der Waals surface area contributed by atoms with E-state index in [1.165, 1.54) is 11.9 Å². The molecule has 1 aliphatic heterocycles. The highest BCUT2D eigenvalue weighted by Crippen LogP contribution is 2.37. The van der Waals surface area contributed by atoms with Crippen molar-refractivity contribution in [1.29, 1.82) is 0 Å². The van der Waals surface area contributed by atoms with Crippen molar-refractivity contribution >= 4 is 23.0 Å². The third-order valence-corrected chi connectivity index (χ3v) is 3.33.